The van der Waals surface area contributed by atoms with Crippen LogP contribution in [0.3, 0.4) is 0 Å². The van der Waals surface area contributed by atoms with Gasteiger partial charge >= 0.3 is 0 Å². The van der Waals surface area contributed by atoms with Gasteiger partial charge in [0, 0.05) is 12.3 Å². The van der Waals surface area contributed by atoms with Crippen molar-refractivity contribution in [2.75, 3.05) is 18.1 Å². The van der Waals surface area contributed by atoms with Crippen molar-refractivity contribution in [3.63, 3.8) is 0 Å². The molecular formula is C24H27NO5S2. The van der Waals surface area contributed by atoms with Gasteiger partial charge in [0.2, 0.25) is 10.0 Å². The summed E-state index contributed by atoms with van der Waals surface area (Å²) in [6, 6.07) is 21.8. The van der Waals surface area contributed by atoms with Crippen LogP contribution in [-0.4, -0.2) is 34.9 Å². The third-order valence-corrected chi connectivity index (χ3v) is 8.10. The highest BCUT2D eigenvalue weighted by molar-refractivity contribution is 7.91. The number of nitrogens with one attached hydrogen (secondary N) is 1. The van der Waals surface area contributed by atoms with Crippen molar-refractivity contribution >= 4 is 19.9 Å². The van der Waals surface area contributed by atoms with Crippen LogP contribution in [0, 0.1) is 6.92 Å². The van der Waals surface area contributed by atoms with Crippen LogP contribution in [0.25, 0.3) is 11.1 Å². The molecule has 0 fully saturated rings. The average Bonchev–Trinajstić information content (AvgIpc) is 2.79. The SMILES string of the molecule is CCS(=O)(=O)CCOc1ccc(S(=O)(=O)NCc2cccc(-c3ccc(C)cc3)c2)cc1. The zero-order valence-corrected chi connectivity index (χ0v) is 19.7. The van der Waals surface area contributed by atoms with E-state index in [9.17, 15) is 16.8 Å². The maximum Gasteiger partial charge on any atom is 0.240 e. The number of hydrogen-bond donors (Lipinski definition) is 1. The van der Waals surface area contributed by atoms with Gasteiger partial charge in [0.1, 0.15) is 12.4 Å². The number of sulfonamides is 1. The summed E-state index contributed by atoms with van der Waals surface area (Å²) in [6.07, 6.45) is 0. The summed E-state index contributed by atoms with van der Waals surface area (Å²) in [5, 5.41) is 0. The van der Waals surface area contributed by atoms with Crippen molar-refractivity contribution in [2.24, 2.45) is 0 Å². The molecule has 0 aliphatic rings. The monoisotopic (exact) mass is 473 g/mol. The van der Waals surface area contributed by atoms with E-state index in [-0.39, 0.29) is 29.6 Å². The Morgan fingerprint density at radius 2 is 1.53 bits per heavy atom. The van der Waals surface area contributed by atoms with Gasteiger partial charge in [-0.25, -0.2) is 21.6 Å². The lowest BCUT2D eigenvalue weighted by molar-refractivity contribution is 0.340. The fourth-order valence-corrected chi connectivity index (χ4v) is 4.66. The first-order chi connectivity index (χ1) is 15.2. The highest BCUT2D eigenvalue weighted by Crippen LogP contribution is 2.21. The molecule has 6 nitrogen and oxygen atoms in total. The molecule has 0 saturated carbocycles. The third kappa shape index (κ3) is 6.66. The van der Waals surface area contributed by atoms with E-state index in [1.807, 2.05) is 55.5 Å². The van der Waals surface area contributed by atoms with Crippen molar-refractivity contribution < 1.29 is 21.6 Å². The summed E-state index contributed by atoms with van der Waals surface area (Å²) in [6.45, 7) is 3.80. The quantitative estimate of drug-likeness (QED) is 0.482. The van der Waals surface area contributed by atoms with E-state index < -0.39 is 19.9 Å². The Bertz CT molecular complexity index is 1250. The van der Waals surface area contributed by atoms with Gasteiger partial charge in [0.25, 0.3) is 0 Å². The summed E-state index contributed by atoms with van der Waals surface area (Å²) < 4.78 is 56.4. The van der Waals surface area contributed by atoms with Crippen molar-refractivity contribution in [1.82, 2.24) is 4.72 Å². The van der Waals surface area contributed by atoms with E-state index in [4.69, 9.17) is 4.74 Å². The molecule has 32 heavy (non-hydrogen) atoms. The molecule has 170 valence electrons. The minimum absolute atomic E-state index is 0.0256. The minimum Gasteiger partial charge on any atom is -0.493 e. The molecule has 3 rings (SSSR count). The standard InChI is InChI=1S/C24H27NO5S2/c1-3-31(26,27)16-15-30-23-11-13-24(14-12-23)32(28,29)25-18-20-5-4-6-22(17-20)21-9-7-19(2)8-10-21/h4-14,17,25H,3,15-16,18H2,1-2H3. The summed E-state index contributed by atoms with van der Waals surface area (Å²) in [5.41, 5.74) is 4.12. The second-order valence-electron chi connectivity index (χ2n) is 7.45. The Labute approximate surface area is 190 Å². The highest BCUT2D eigenvalue weighted by Gasteiger charge is 2.14. The van der Waals surface area contributed by atoms with Gasteiger partial charge in [-0.3, -0.25) is 0 Å². The number of ether oxygens (including phenoxy) is 1. The number of benzene rings is 3. The Morgan fingerprint density at radius 1 is 0.844 bits per heavy atom. The van der Waals surface area contributed by atoms with Crippen molar-refractivity contribution in [3.8, 4) is 16.9 Å². The number of sulfone groups is 1. The van der Waals surface area contributed by atoms with Gasteiger partial charge < -0.3 is 4.74 Å². The fraction of sp³-hybridized carbons (Fsp3) is 0.250. The molecule has 0 heterocycles. The molecule has 0 saturated heterocycles. The minimum atomic E-state index is -3.71. The number of hydrogen-bond acceptors (Lipinski definition) is 5. The first-order valence-electron chi connectivity index (χ1n) is 10.3. The van der Waals surface area contributed by atoms with E-state index in [1.165, 1.54) is 29.8 Å². The molecule has 0 bridgehead atoms. The molecule has 1 N–H and O–H groups in total. The molecule has 0 atom stereocenters. The maximum atomic E-state index is 12.7. The topological polar surface area (TPSA) is 89.5 Å². The average molecular weight is 474 g/mol. The largest absolute Gasteiger partial charge is 0.493 e. The van der Waals surface area contributed by atoms with Crippen molar-refractivity contribution in [3.05, 3.63) is 83.9 Å². The second-order valence-corrected chi connectivity index (χ2v) is 11.7. The Morgan fingerprint density at radius 3 is 2.19 bits per heavy atom. The van der Waals surface area contributed by atoms with Crippen LogP contribution in [-0.2, 0) is 26.4 Å². The lowest BCUT2D eigenvalue weighted by Crippen LogP contribution is -2.23. The molecule has 0 unspecified atom stereocenters. The first-order valence-corrected chi connectivity index (χ1v) is 13.6. The fourth-order valence-electron chi connectivity index (χ4n) is 3.01. The van der Waals surface area contributed by atoms with Crippen LogP contribution >= 0.6 is 0 Å². The molecule has 0 amide bonds. The summed E-state index contributed by atoms with van der Waals surface area (Å²) in [4.78, 5) is 0.112. The van der Waals surface area contributed by atoms with Gasteiger partial charge in [-0.15, -0.1) is 0 Å². The second kappa shape index (κ2) is 10.3. The first kappa shape index (κ1) is 24.0. The summed E-state index contributed by atoms with van der Waals surface area (Å²) >= 11 is 0. The van der Waals surface area contributed by atoms with Crippen LogP contribution in [0.4, 0.5) is 0 Å². The molecule has 3 aromatic rings. The van der Waals surface area contributed by atoms with Crippen LogP contribution in [0.5, 0.6) is 5.75 Å². The van der Waals surface area contributed by atoms with Crippen LogP contribution in [0.2, 0.25) is 0 Å². The molecule has 0 radical (unpaired) electrons. The molecule has 0 spiro atoms. The predicted octanol–water partition coefficient (Wildman–Crippen LogP) is 3.95. The summed E-state index contributed by atoms with van der Waals surface area (Å²) in [7, 11) is -6.82. The van der Waals surface area contributed by atoms with E-state index in [0.29, 0.717) is 5.75 Å². The van der Waals surface area contributed by atoms with Crippen LogP contribution in [0.1, 0.15) is 18.1 Å². The molecule has 3 aromatic carbocycles. The molecule has 0 aliphatic heterocycles. The molecule has 0 aromatic heterocycles. The van der Waals surface area contributed by atoms with Gasteiger partial charge in [-0.05, 0) is 53.9 Å². The highest BCUT2D eigenvalue weighted by atomic mass is 32.2. The number of rotatable bonds is 10. The summed E-state index contributed by atoms with van der Waals surface area (Å²) in [5.74, 6) is 0.404. The Hall–Kier alpha value is -2.68. The van der Waals surface area contributed by atoms with Gasteiger partial charge in [0.15, 0.2) is 9.84 Å². The Balaban J connectivity index is 1.61. The van der Waals surface area contributed by atoms with Gasteiger partial charge in [0.05, 0.1) is 10.6 Å². The van der Waals surface area contributed by atoms with E-state index >= 15 is 0 Å². The van der Waals surface area contributed by atoms with Gasteiger partial charge in [-0.1, -0.05) is 55.0 Å². The van der Waals surface area contributed by atoms with E-state index in [1.54, 1.807) is 6.92 Å². The van der Waals surface area contributed by atoms with Crippen LogP contribution in [0.15, 0.2) is 77.7 Å². The van der Waals surface area contributed by atoms with Crippen molar-refractivity contribution in [1.29, 1.82) is 0 Å². The number of aryl methyl sites for hydroxylation is 1. The normalized spacial score (nSPS) is 11.9. The molecular weight excluding hydrogens is 446 g/mol. The zero-order valence-electron chi connectivity index (χ0n) is 18.1. The van der Waals surface area contributed by atoms with E-state index in [0.717, 1.165) is 16.7 Å². The lowest BCUT2D eigenvalue weighted by Gasteiger charge is -2.10. The zero-order chi connectivity index (χ0) is 23.2. The third-order valence-electron chi connectivity index (χ3n) is 5.02. The van der Waals surface area contributed by atoms with Crippen LogP contribution < -0.4 is 9.46 Å². The lowest BCUT2D eigenvalue weighted by atomic mass is 10.0. The Kier molecular flexibility index (Phi) is 7.71. The predicted molar refractivity (Wildman–Crippen MR) is 127 cm³/mol. The maximum absolute atomic E-state index is 12.7. The van der Waals surface area contributed by atoms with Gasteiger partial charge in [-0.2, -0.15) is 0 Å². The smallest absolute Gasteiger partial charge is 0.240 e. The van der Waals surface area contributed by atoms with E-state index in [2.05, 4.69) is 4.72 Å². The molecule has 0 aliphatic carbocycles. The van der Waals surface area contributed by atoms with Crippen molar-refractivity contribution in [2.45, 2.75) is 25.3 Å². The molecule has 8 heteroatoms.